The summed E-state index contributed by atoms with van der Waals surface area (Å²) in [4.78, 5) is 28.4. The molecule has 3 rings (SSSR count). The summed E-state index contributed by atoms with van der Waals surface area (Å²) in [5, 5.41) is 10.6. The molecular formula is C18H19FN2O4. The van der Waals surface area contributed by atoms with Crippen LogP contribution in [0.25, 0.3) is 0 Å². The van der Waals surface area contributed by atoms with Gasteiger partial charge in [0.1, 0.15) is 29.3 Å². The van der Waals surface area contributed by atoms with Gasteiger partial charge in [-0.25, -0.2) is 4.39 Å². The van der Waals surface area contributed by atoms with Crippen LogP contribution in [0.4, 0.5) is 4.39 Å². The lowest BCUT2D eigenvalue weighted by Gasteiger charge is -2.23. The second-order valence-corrected chi connectivity index (χ2v) is 6.33. The third-order valence-electron chi connectivity index (χ3n) is 4.21. The number of β-amino-alcohol motifs (C(OH)–C–C–N with tert-alkyl or cyclic N) is 1. The summed E-state index contributed by atoms with van der Waals surface area (Å²) >= 11 is 0. The van der Waals surface area contributed by atoms with E-state index in [1.165, 1.54) is 29.2 Å². The molecule has 0 spiro atoms. The van der Waals surface area contributed by atoms with Crippen molar-refractivity contribution in [3.63, 3.8) is 0 Å². The molecule has 1 fully saturated rings. The zero-order valence-corrected chi connectivity index (χ0v) is 13.8. The number of hydrogen-bond donors (Lipinski definition) is 2. The fraction of sp³-hybridized carbons (Fsp3) is 0.333. The topological polar surface area (TPSA) is 82.6 Å². The maximum atomic E-state index is 13.2. The molecule has 1 aliphatic rings. The van der Waals surface area contributed by atoms with Crippen LogP contribution in [0.3, 0.4) is 0 Å². The molecule has 1 aliphatic heterocycles. The van der Waals surface area contributed by atoms with Crippen LogP contribution in [-0.4, -0.2) is 46.2 Å². The Morgan fingerprint density at radius 1 is 1.40 bits per heavy atom. The van der Waals surface area contributed by atoms with Crippen LogP contribution < -0.4 is 10.3 Å². The lowest BCUT2D eigenvalue weighted by molar-refractivity contribution is 0.00420. The highest BCUT2D eigenvalue weighted by atomic mass is 19.1. The van der Waals surface area contributed by atoms with Gasteiger partial charge in [-0.15, -0.1) is 0 Å². The summed E-state index contributed by atoms with van der Waals surface area (Å²) in [6.45, 7) is 2.03. The van der Waals surface area contributed by atoms with E-state index in [4.69, 9.17) is 4.74 Å². The molecule has 1 saturated heterocycles. The molecule has 0 bridgehead atoms. The summed E-state index contributed by atoms with van der Waals surface area (Å²) in [5.41, 5.74) is -0.972. The average molecular weight is 346 g/mol. The number of ether oxygens (including phenoxy) is 1. The molecule has 132 valence electrons. The van der Waals surface area contributed by atoms with Gasteiger partial charge in [-0.3, -0.25) is 9.59 Å². The zero-order valence-electron chi connectivity index (χ0n) is 13.8. The third-order valence-corrected chi connectivity index (χ3v) is 4.21. The fourth-order valence-corrected chi connectivity index (χ4v) is 2.83. The number of aryl methyl sites for hydroxylation is 1. The van der Waals surface area contributed by atoms with Gasteiger partial charge in [-0.2, -0.15) is 0 Å². The SMILES string of the molecule is Cc1ccc(C(=O)N2CC[C@@](O)(COc3cccc(F)c3)C2)c(=O)[nH]1. The number of likely N-dealkylation sites (tertiary alicyclic amines) is 1. The number of aromatic amines is 1. The Kier molecular flexibility index (Phi) is 4.59. The maximum absolute atomic E-state index is 13.2. The van der Waals surface area contributed by atoms with E-state index in [0.29, 0.717) is 24.4 Å². The second-order valence-electron chi connectivity index (χ2n) is 6.33. The van der Waals surface area contributed by atoms with E-state index in [2.05, 4.69) is 4.98 Å². The van der Waals surface area contributed by atoms with Crippen LogP contribution in [0.2, 0.25) is 0 Å². The van der Waals surface area contributed by atoms with E-state index in [9.17, 15) is 19.1 Å². The van der Waals surface area contributed by atoms with Crippen LogP contribution in [0, 0.1) is 12.7 Å². The lowest BCUT2D eigenvalue weighted by Crippen LogP contribution is -2.41. The summed E-state index contributed by atoms with van der Waals surface area (Å²) in [7, 11) is 0. The molecule has 1 aromatic carbocycles. The van der Waals surface area contributed by atoms with Crippen LogP contribution in [-0.2, 0) is 0 Å². The number of hydrogen-bond acceptors (Lipinski definition) is 4. The molecule has 0 aliphatic carbocycles. The number of H-pyrrole nitrogens is 1. The molecule has 0 saturated carbocycles. The molecule has 25 heavy (non-hydrogen) atoms. The van der Waals surface area contributed by atoms with Gasteiger partial charge in [0.25, 0.3) is 11.5 Å². The Hall–Kier alpha value is -2.67. The van der Waals surface area contributed by atoms with Crippen LogP contribution in [0.1, 0.15) is 22.5 Å². The first-order valence-electron chi connectivity index (χ1n) is 7.96. The lowest BCUT2D eigenvalue weighted by atomic mass is 10.1. The molecule has 1 amide bonds. The molecule has 2 aromatic rings. The van der Waals surface area contributed by atoms with Crippen molar-refractivity contribution in [1.82, 2.24) is 9.88 Å². The largest absolute Gasteiger partial charge is 0.490 e. The highest BCUT2D eigenvalue weighted by Crippen LogP contribution is 2.24. The van der Waals surface area contributed by atoms with E-state index >= 15 is 0 Å². The minimum absolute atomic E-state index is 0.0425. The summed E-state index contributed by atoms with van der Waals surface area (Å²) in [5.74, 6) is -0.539. The Balaban J connectivity index is 1.65. The number of rotatable bonds is 4. The predicted octanol–water partition coefficient (Wildman–Crippen LogP) is 1.48. The van der Waals surface area contributed by atoms with E-state index in [1.54, 1.807) is 19.1 Å². The Bertz CT molecular complexity index is 851. The van der Waals surface area contributed by atoms with Crippen LogP contribution in [0.15, 0.2) is 41.2 Å². The first kappa shape index (κ1) is 17.2. The fourth-order valence-electron chi connectivity index (χ4n) is 2.83. The molecular weight excluding hydrogens is 327 g/mol. The molecule has 2 N–H and O–H groups in total. The number of nitrogens with one attached hydrogen (secondary N) is 1. The van der Waals surface area contributed by atoms with Gasteiger partial charge in [0.15, 0.2) is 0 Å². The van der Waals surface area contributed by atoms with Crippen LogP contribution in [0.5, 0.6) is 5.75 Å². The smallest absolute Gasteiger partial charge is 0.260 e. The van der Waals surface area contributed by atoms with Crippen molar-refractivity contribution in [2.24, 2.45) is 0 Å². The van der Waals surface area contributed by atoms with Crippen molar-refractivity contribution in [1.29, 1.82) is 0 Å². The predicted molar refractivity (Wildman–Crippen MR) is 89.2 cm³/mol. The van der Waals surface area contributed by atoms with Crippen molar-refractivity contribution < 1.29 is 19.0 Å². The van der Waals surface area contributed by atoms with E-state index in [-0.39, 0.29) is 18.7 Å². The molecule has 1 atom stereocenters. The quantitative estimate of drug-likeness (QED) is 0.878. The third kappa shape index (κ3) is 3.88. The Morgan fingerprint density at radius 2 is 2.20 bits per heavy atom. The van der Waals surface area contributed by atoms with Crippen LogP contribution >= 0.6 is 0 Å². The van der Waals surface area contributed by atoms with Crippen molar-refractivity contribution in [2.45, 2.75) is 18.9 Å². The summed E-state index contributed by atoms with van der Waals surface area (Å²) in [6.07, 6.45) is 0.317. The van der Waals surface area contributed by atoms with E-state index in [1.807, 2.05) is 0 Å². The molecule has 7 heteroatoms. The monoisotopic (exact) mass is 346 g/mol. The number of halogens is 1. The van der Waals surface area contributed by atoms with Gasteiger partial charge in [0.2, 0.25) is 0 Å². The number of aliphatic hydroxyl groups is 1. The highest BCUT2D eigenvalue weighted by Gasteiger charge is 2.39. The number of amides is 1. The summed E-state index contributed by atoms with van der Waals surface area (Å²) < 4.78 is 18.6. The highest BCUT2D eigenvalue weighted by molar-refractivity contribution is 5.94. The average Bonchev–Trinajstić information content (AvgIpc) is 2.96. The molecule has 0 radical (unpaired) electrons. The van der Waals surface area contributed by atoms with Crippen molar-refractivity contribution >= 4 is 5.91 Å². The van der Waals surface area contributed by atoms with Gasteiger partial charge in [-0.1, -0.05) is 6.07 Å². The number of nitrogens with zero attached hydrogens (tertiary/aromatic N) is 1. The molecule has 1 aromatic heterocycles. The molecule has 2 heterocycles. The maximum Gasteiger partial charge on any atom is 0.260 e. The number of pyridine rings is 1. The first-order valence-corrected chi connectivity index (χ1v) is 7.96. The number of carbonyl (C=O) groups excluding carboxylic acids is 1. The van der Waals surface area contributed by atoms with Crippen molar-refractivity contribution in [3.8, 4) is 5.75 Å². The first-order chi connectivity index (χ1) is 11.9. The number of carbonyl (C=O) groups is 1. The van der Waals surface area contributed by atoms with Crippen molar-refractivity contribution in [2.75, 3.05) is 19.7 Å². The Labute approximate surface area is 143 Å². The van der Waals surface area contributed by atoms with Gasteiger partial charge in [-0.05, 0) is 37.6 Å². The van der Waals surface area contributed by atoms with Gasteiger partial charge >= 0.3 is 0 Å². The second kappa shape index (κ2) is 6.68. The minimum atomic E-state index is -1.24. The normalized spacial score (nSPS) is 19.9. The number of aromatic nitrogens is 1. The zero-order chi connectivity index (χ0) is 18.0. The van der Waals surface area contributed by atoms with Gasteiger partial charge in [0, 0.05) is 18.3 Å². The summed E-state index contributed by atoms with van der Waals surface area (Å²) in [6, 6.07) is 8.78. The van der Waals surface area contributed by atoms with E-state index in [0.717, 1.165) is 0 Å². The minimum Gasteiger partial charge on any atom is -0.490 e. The molecule has 0 unspecified atom stereocenters. The van der Waals surface area contributed by atoms with E-state index < -0.39 is 22.9 Å². The van der Waals surface area contributed by atoms with Gasteiger partial charge in [0.05, 0.1) is 6.54 Å². The standard InChI is InChI=1S/C18H19FN2O4/c1-12-5-6-15(16(22)20-12)17(23)21-8-7-18(24,10-21)11-25-14-4-2-3-13(19)9-14/h2-6,9,24H,7-8,10-11H2,1H3,(H,20,22)/t18-/m0/s1. The van der Waals surface area contributed by atoms with Crippen molar-refractivity contribution in [3.05, 3.63) is 63.8 Å². The molecule has 6 nitrogen and oxygen atoms in total. The Morgan fingerprint density at radius 3 is 2.92 bits per heavy atom. The van der Waals surface area contributed by atoms with Gasteiger partial charge < -0.3 is 19.7 Å². The number of benzene rings is 1.